The summed E-state index contributed by atoms with van der Waals surface area (Å²) in [5.74, 6) is -0.227. The van der Waals surface area contributed by atoms with Crippen LogP contribution in [0.1, 0.15) is 40.0 Å². The van der Waals surface area contributed by atoms with Crippen molar-refractivity contribution in [2.45, 2.75) is 58.3 Å². The average Bonchev–Trinajstić information content (AvgIpc) is 2.61. The monoisotopic (exact) mass is 268 g/mol. The van der Waals surface area contributed by atoms with Gasteiger partial charge in [0.1, 0.15) is 6.10 Å². The number of fused-ring (bicyclic) bond motifs is 3. The van der Waals surface area contributed by atoms with Crippen LogP contribution in [-0.2, 0) is 9.53 Å². The van der Waals surface area contributed by atoms with Crippen molar-refractivity contribution in [1.82, 2.24) is 0 Å². The average molecular weight is 268 g/mol. The molecule has 8 atom stereocenters. The van der Waals surface area contributed by atoms with Gasteiger partial charge in [-0.1, -0.05) is 20.8 Å². The van der Waals surface area contributed by atoms with Gasteiger partial charge in [0.2, 0.25) is 0 Å². The molecule has 0 radical (unpaired) electrons. The molecule has 0 spiro atoms. The lowest BCUT2D eigenvalue weighted by Gasteiger charge is -2.55. The summed E-state index contributed by atoms with van der Waals surface area (Å²) in [5, 5.41) is 20.6. The normalized spacial score (nSPS) is 57.3. The van der Waals surface area contributed by atoms with E-state index in [0.717, 1.165) is 19.3 Å². The SMILES string of the molecule is C[C@H]1[C@@H]2[C@H]3OC(=O)[C@@H](C)[C@@H]3[C@H](O)C[C@@]2(C)CC[C@@H]1O. The Labute approximate surface area is 114 Å². The molecule has 1 saturated heterocycles. The van der Waals surface area contributed by atoms with Crippen LogP contribution in [-0.4, -0.2) is 34.5 Å². The second kappa shape index (κ2) is 4.19. The van der Waals surface area contributed by atoms with E-state index in [1.165, 1.54) is 0 Å². The highest BCUT2D eigenvalue weighted by atomic mass is 16.6. The molecule has 108 valence electrons. The number of hydrogen-bond acceptors (Lipinski definition) is 4. The van der Waals surface area contributed by atoms with Gasteiger partial charge < -0.3 is 14.9 Å². The molecule has 1 heterocycles. The number of hydrogen-bond donors (Lipinski definition) is 2. The third-order valence-electron chi connectivity index (χ3n) is 6.04. The van der Waals surface area contributed by atoms with Crippen LogP contribution >= 0.6 is 0 Å². The molecular formula is C15H24O4. The van der Waals surface area contributed by atoms with Crippen LogP contribution in [0.3, 0.4) is 0 Å². The molecular weight excluding hydrogens is 244 g/mol. The summed E-state index contributed by atoms with van der Waals surface area (Å²) in [7, 11) is 0. The molecule has 1 aliphatic heterocycles. The van der Waals surface area contributed by atoms with Crippen molar-refractivity contribution in [2.75, 3.05) is 0 Å². The first-order chi connectivity index (χ1) is 8.85. The van der Waals surface area contributed by atoms with Crippen molar-refractivity contribution < 1.29 is 19.7 Å². The maximum atomic E-state index is 11.9. The fraction of sp³-hybridized carbons (Fsp3) is 0.933. The van der Waals surface area contributed by atoms with E-state index in [2.05, 4.69) is 13.8 Å². The van der Waals surface area contributed by atoms with Crippen molar-refractivity contribution in [1.29, 1.82) is 0 Å². The van der Waals surface area contributed by atoms with Gasteiger partial charge in [-0.05, 0) is 30.6 Å². The predicted octanol–water partition coefficient (Wildman–Crippen LogP) is 1.34. The Morgan fingerprint density at radius 2 is 1.95 bits per heavy atom. The van der Waals surface area contributed by atoms with Crippen molar-refractivity contribution in [3.05, 3.63) is 0 Å². The summed E-state index contributed by atoms with van der Waals surface area (Å²) in [6.45, 7) is 6.08. The Morgan fingerprint density at radius 3 is 2.63 bits per heavy atom. The minimum Gasteiger partial charge on any atom is -0.461 e. The maximum Gasteiger partial charge on any atom is 0.309 e. The van der Waals surface area contributed by atoms with E-state index >= 15 is 0 Å². The van der Waals surface area contributed by atoms with E-state index in [0.29, 0.717) is 0 Å². The predicted molar refractivity (Wildman–Crippen MR) is 69.2 cm³/mol. The number of ether oxygens (including phenoxy) is 1. The highest BCUT2D eigenvalue weighted by molar-refractivity contribution is 5.75. The van der Waals surface area contributed by atoms with E-state index in [9.17, 15) is 15.0 Å². The van der Waals surface area contributed by atoms with Gasteiger partial charge in [-0.3, -0.25) is 4.79 Å². The van der Waals surface area contributed by atoms with E-state index in [1.54, 1.807) is 0 Å². The second-order valence-electron chi connectivity index (χ2n) is 7.18. The zero-order chi connectivity index (χ0) is 13.9. The number of rotatable bonds is 0. The molecule has 2 saturated carbocycles. The van der Waals surface area contributed by atoms with Crippen molar-refractivity contribution in [2.24, 2.45) is 29.1 Å². The number of esters is 1. The first kappa shape index (κ1) is 13.4. The van der Waals surface area contributed by atoms with E-state index in [-0.39, 0.29) is 47.3 Å². The van der Waals surface area contributed by atoms with Crippen LogP contribution in [0.25, 0.3) is 0 Å². The molecule has 0 unspecified atom stereocenters. The molecule has 0 aromatic carbocycles. The zero-order valence-electron chi connectivity index (χ0n) is 11.9. The van der Waals surface area contributed by atoms with Crippen molar-refractivity contribution in [3.8, 4) is 0 Å². The van der Waals surface area contributed by atoms with Gasteiger partial charge in [0.05, 0.1) is 18.1 Å². The summed E-state index contributed by atoms with van der Waals surface area (Å²) >= 11 is 0. The number of carbonyl (C=O) groups is 1. The van der Waals surface area contributed by atoms with Gasteiger partial charge in [0.15, 0.2) is 0 Å². The first-order valence-corrected chi connectivity index (χ1v) is 7.42. The van der Waals surface area contributed by atoms with Gasteiger partial charge in [0.25, 0.3) is 0 Å². The van der Waals surface area contributed by atoms with E-state index in [4.69, 9.17) is 4.74 Å². The highest BCUT2D eigenvalue weighted by Crippen LogP contribution is 2.57. The standard InChI is InChI=1S/C15H24O4/c1-7-9(16)4-5-15(3)6-10(17)11-8(2)14(18)19-13(11)12(7)15/h7-13,16-17H,4-6H2,1-3H3/t7-,8+,9+,10-,11-,12-,13+,15-/m1/s1. The van der Waals surface area contributed by atoms with E-state index in [1.807, 2.05) is 6.92 Å². The lowest BCUT2D eigenvalue weighted by Crippen LogP contribution is -2.57. The van der Waals surface area contributed by atoms with Crippen LogP contribution in [0.5, 0.6) is 0 Å². The van der Waals surface area contributed by atoms with Gasteiger partial charge in [-0.25, -0.2) is 0 Å². The molecule has 3 aliphatic rings. The third kappa shape index (κ3) is 1.76. The molecule has 0 aromatic heterocycles. The fourth-order valence-corrected chi connectivity index (χ4v) is 4.96. The van der Waals surface area contributed by atoms with Gasteiger partial charge in [0, 0.05) is 11.8 Å². The minimum atomic E-state index is -0.463. The summed E-state index contributed by atoms with van der Waals surface area (Å²) in [6.07, 6.45) is 1.40. The highest BCUT2D eigenvalue weighted by Gasteiger charge is 2.61. The molecule has 0 bridgehead atoms. The molecule has 0 amide bonds. The summed E-state index contributed by atoms with van der Waals surface area (Å²) in [5.41, 5.74) is -0.0242. The molecule has 4 heteroatoms. The quantitative estimate of drug-likeness (QED) is 0.651. The molecule has 19 heavy (non-hydrogen) atoms. The second-order valence-corrected chi connectivity index (χ2v) is 7.18. The molecule has 2 N–H and O–H groups in total. The fourth-order valence-electron chi connectivity index (χ4n) is 4.96. The third-order valence-corrected chi connectivity index (χ3v) is 6.04. The lowest BCUT2D eigenvalue weighted by molar-refractivity contribution is -0.172. The Morgan fingerprint density at radius 1 is 1.26 bits per heavy atom. The smallest absolute Gasteiger partial charge is 0.309 e. The van der Waals surface area contributed by atoms with Crippen molar-refractivity contribution >= 4 is 5.97 Å². The topological polar surface area (TPSA) is 66.8 Å². The summed E-state index contributed by atoms with van der Waals surface area (Å²) in [6, 6.07) is 0. The lowest BCUT2D eigenvalue weighted by atomic mass is 9.52. The van der Waals surface area contributed by atoms with Crippen LogP contribution in [0.4, 0.5) is 0 Å². The van der Waals surface area contributed by atoms with Crippen LogP contribution < -0.4 is 0 Å². The molecule has 0 aromatic rings. The minimum absolute atomic E-state index is 0.0242. The van der Waals surface area contributed by atoms with Crippen LogP contribution in [0.2, 0.25) is 0 Å². The Hall–Kier alpha value is -0.610. The Bertz CT molecular complexity index is 396. The first-order valence-electron chi connectivity index (χ1n) is 7.42. The van der Waals surface area contributed by atoms with Crippen LogP contribution in [0, 0.1) is 29.1 Å². The van der Waals surface area contributed by atoms with E-state index < -0.39 is 6.10 Å². The molecule has 3 rings (SSSR count). The largest absolute Gasteiger partial charge is 0.461 e. The van der Waals surface area contributed by atoms with Gasteiger partial charge >= 0.3 is 5.97 Å². The van der Waals surface area contributed by atoms with Gasteiger partial charge in [-0.2, -0.15) is 0 Å². The van der Waals surface area contributed by atoms with Crippen LogP contribution in [0.15, 0.2) is 0 Å². The van der Waals surface area contributed by atoms with Gasteiger partial charge in [-0.15, -0.1) is 0 Å². The molecule has 3 fully saturated rings. The molecule has 2 aliphatic carbocycles. The Balaban J connectivity index is 1.98. The Kier molecular flexibility index (Phi) is 2.95. The zero-order valence-corrected chi connectivity index (χ0v) is 11.9. The maximum absolute atomic E-state index is 11.9. The number of aliphatic hydroxyl groups is 2. The summed E-state index contributed by atoms with van der Waals surface area (Å²) in [4.78, 5) is 11.9. The number of aliphatic hydroxyl groups excluding tert-OH is 2. The summed E-state index contributed by atoms with van der Waals surface area (Å²) < 4.78 is 5.59. The molecule has 4 nitrogen and oxygen atoms in total. The van der Waals surface area contributed by atoms with Crippen molar-refractivity contribution in [3.63, 3.8) is 0 Å². The number of carbonyl (C=O) groups excluding carboxylic acids is 1.